The fourth-order valence-electron chi connectivity index (χ4n) is 3.29. The average Bonchev–Trinajstić information content (AvgIpc) is 3.14. The van der Waals surface area contributed by atoms with Gasteiger partial charge in [-0.2, -0.15) is 0 Å². The summed E-state index contributed by atoms with van der Waals surface area (Å²) < 4.78 is 11.0. The van der Waals surface area contributed by atoms with Crippen LogP contribution in [0.1, 0.15) is 5.56 Å². The van der Waals surface area contributed by atoms with E-state index in [0.717, 1.165) is 23.0 Å². The highest BCUT2D eigenvalue weighted by molar-refractivity contribution is 8.27. The van der Waals surface area contributed by atoms with Gasteiger partial charge in [-0.05, 0) is 18.2 Å². The predicted octanol–water partition coefficient (Wildman–Crippen LogP) is 3.46. The van der Waals surface area contributed by atoms with Crippen molar-refractivity contribution in [3.8, 4) is 11.5 Å². The van der Waals surface area contributed by atoms with E-state index in [4.69, 9.17) is 21.7 Å². The van der Waals surface area contributed by atoms with Crippen LogP contribution in [0.4, 0.5) is 11.4 Å². The van der Waals surface area contributed by atoms with Crippen molar-refractivity contribution in [3.63, 3.8) is 0 Å². The van der Waals surface area contributed by atoms with E-state index in [2.05, 4.69) is 0 Å². The maximum absolute atomic E-state index is 13.3. The van der Waals surface area contributed by atoms with Gasteiger partial charge in [0.2, 0.25) is 0 Å². The third-order valence-electron chi connectivity index (χ3n) is 4.68. The van der Waals surface area contributed by atoms with E-state index < -0.39 is 0 Å². The Morgan fingerprint density at radius 3 is 2.43 bits per heavy atom. The van der Waals surface area contributed by atoms with Gasteiger partial charge in [0.1, 0.15) is 11.5 Å². The molecule has 0 N–H and O–H groups in total. The Morgan fingerprint density at radius 2 is 1.71 bits per heavy atom. The van der Waals surface area contributed by atoms with Crippen LogP contribution in [0.2, 0.25) is 0 Å². The molecule has 0 bridgehead atoms. The second-order valence-electron chi connectivity index (χ2n) is 6.13. The monoisotopic (exact) mass is 412 g/mol. The molecule has 2 aliphatic rings. The molecule has 6 nitrogen and oxygen atoms in total. The van der Waals surface area contributed by atoms with E-state index in [1.165, 1.54) is 12.0 Å². The Labute approximate surface area is 171 Å². The van der Waals surface area contributed by atoms with Crippen LogP contribution in [0.25, 0.3) is 5.57 Å². The molecule has 0 spiro atoms. The lowest BCUT2D eigenvalue weighted by molar-refractivity contribution is -0.115. The van der Waals surface area contributed by atoms with Crippen molar-refractivity contribution in [2.75, 3.05) is 31.1 Å². The number of anilines is 2. The zero-order valence-electron chi connectivity index (χ0n) is 15.4. The Bertz CT molecular complexity index is 1060. The fraction of sp³-hybridized carbons (Fsp3) is 0.150. The quantitative estimate of drug-likeness (QED) is 0.569. The Hall–Kier alpha value is -2.84. The molecule has 1 saturated heterocycles. The zero-order valence-corrected chi connectivity index (χ0v) is 17.0. The van der Waals surface area contributed by atoms with Gasteiger partial charge in [0.25, 0.3) is 11.8 Å². The molecule has 2 aliphatic heterocycles. The summed E-state index contributed by atoms with van der Waals surface area (Å²) in [5.41, 5.74) is 2.39. The van der Waals surface area contributed by atoms with E-state index in [-0.39, 0.29) is 11.8 Å². The first-order valence-corrected chi connectivity index (χ1v) is 9.60. The minimum absolute atomic E-state index is 0.219. The Morgan fingerprint density at radius 1 is 0.964 bits per heavy atom. The summed E-state index contributed by atoms with van der Waals surface area (Å²) in [7, 11) is 4.76. The number of hydrogen-bond acceptors (Lipinski definition) is 6. The first-order chi connectivity index (χ1) is 13.5. The topological polar surface area (TPSA) is 59.1 Å². The molecule has 8 heteroatoms. The Balaban J connectivity index is 1.83. The number of hydrogen-bond donors (Lipinski definition) is 0. The van der Waals surface area contributed by atoms with Gasteiger partial charge < -0.3 is 14.4 Å². The van der Waals surface area contributed by atoms with Gasteiger partial charge in [0, 0.05) is 18.7 Å². The molecule has 142 valence electrons. The highest BCUT2D eigenvalue weighted by Crippen LogP contribution is 2.46. The lowest BCUT2D eigenvalue weighted by Gasteiger charge is -2.18. The van der Waals surface area contributed by atoms with Crippen LogP contribution >= 0.6 is 24.0 Å². The Kier molecular flexibility index (Phi) is 4.60. The molecule has 4 rings (SSSR count). The number of rotatable bonds is 3. The number of thiocarbonyl (C=S) groups is 1. The summed E-state index contributed by atoms with van der Waals surface area (Å²) in [5, 5.41) is 0. The van der Waals surface area contributed by atoms with Crippen LogP contribution in [0.5, 0.6) is 11.5 Å². The van der Waals surface area contributed by atoms with Gasteiger partial charge in [-0.15, -0.1) is 0 Å². The summed E-state index contributed by atoms with van der Waals surface area (Å²) in [4.78, 5) is 29.4. The van der Waals surface area contributed by atoms with Gasteiger partial charge in [0.15, 0.2) is 4.32 Å². The molecule has 28 heavy (non-hydrogen) atoms. The largest absolute Gasteiger partial charge is 0.497 e. The number of ether oxygens (including phenoxy) is 2. The highest BCUT2D eigenvalue weighted by Gasteiger charge is 2.42. The van der Waals surface area contributed by atoms with E-state index >= 15 is 0 Å². The maximum atomic E-state index is 13.3. The number of likely N-dealkylation sites (N-methyl/N-ethyl adjacent to an activating group) is 1. The molecule has 2 heterocycles. The number of nitrogens with zero attached hydrogens (tertiary/aromatic N) is 2. The standard InChI is InChI=1S/C20H16N2O4S2/c1-21-13-7-5-4-6-12(13)16(18(21)23)17-19(24)22(20(27)28-17)14-9-8-11(25-2)10-15(14)26-3/h4-10H,1-3H3. The van der Waals surface area contributed by atoms with Gasteiger partial charge in [0.05, 0.1) is 36.1 Å². The third-order valence-corrected chi connectivity index (χ3v) is 6.05. The molecule has 1 fully saturated rings. The molecule has 2 aromatic rings. The number of para-hydroxylation sites is 1. The number of carbonyl (C=O) groups is 2. The number of methoxy groups -OCH3 is 2. The molecular weight excluding hydrogens is 396 g/mol. The fourth-order valence-corrected chi connectivity index (χ4v) is 4.64. The SMILES string of the molecule is COc1ccc(N2C(=O)C(=C3C(=O)N(C)c4ccccc43)SC2=S)c(OC)c1. The molecule has 0 aliphatic carbocycles. The number of amides is 2. The van der Waals surface area contributed by atoms with E-state index in [1.54, 1.807) is 37.3 Å². The molecule has 0 saturated carbocycles. The summed E-state index contributed by atoms with van der Waals surface area (Å²) in [6.45, 7) is 0. The molecule has 2 aromatic carbocycles. The van der Waals surface area contributed by atoms with Crippen molar-refractivity contribution in [3.05, 3.63) is 52.9 Å². The summed E-state index contributed by atoms with van der Waals surface area (Å²) in [6.07, 6.45) is 0. The van der Waals surface area contributed by atoms with E-state index in [1.807, 2.05) is 24.3 Å². The number of fused-ring (bicyclic) bond motifs is 1. The predicted molar refractivity (Wildman–Crippen MR) is 114 cm³/mol. The minimum Gasteiger partial charge on any atom is -0.497 e. The van der Waals surface area contributed by atoms with Crippen molar-refractivity contribution < 1.29 is 19.1 Å². The van der Waals surface area contributed by atoms with Crippen LogP contribution in [0.15, 0.2) is 47.4 Å². The lowest BCUT2D eigenvalue weighted by Crippen LogP contribution is -2.28. The molecule has 2 amide bonds. The smallest absolute Gasteiger partial charge is 0.271 e. The zero-order chi connectivity index (χ0) is 20.0. The van der Waals surface area contributed by atoms with Gasteiger partial charge >= 0.3 is 0 Å². The van der Waals surface area contributed by atoms with E-state index in [0.29, 0.717) is 32.0 Å². The van der Waals surface area contributed by atoms with Crippen LogP contribution in [0.3, 0.4) is 0 Å². The normalized spacial score (nSPS) is 18.8. The second-order valence-corrected chi connectivity index (χ2v) is 7.78. The van der Waals surface area contributed by atoms with Crippen LogP contribution in [0, 0.1) is 0 Å². The molecule has 0 atom stereocenters. The number of thioether (sulfide) groups is 1. The molecule has 0 radical (unpaired) electrons. The molecule has 0 aromatic heterocycles. The summed E-state index contributed by atoms with van der Waals surface area (Å²) >= 11 is 6.60. The first kappa shape index (κ1) is 18.5. The van der Waals surface area contributed by atoms with E-state index in [9.17, 15) is 9.59 Å². The van der Waals surface area contributed by atoms with Crippen LogP contribution < -0.4 is 19.3 Å². The second kappa shape index (κ2) is 6.96. The molecule has 0 unspecified atom stereocenters. The molecular formula is C20H16N2O4S2. The van der Waals surface area contributed by atoms with Gasteiger partial charge in [-0.3, -0.25) is 14.5 Å². The van der Waals surface area contributed by atoms with Gasteiger partial charge in [-0.1, -0.05) is 42.2 Å². The number of carbonyl (C=O) groups excluding carboxylic acids is 2. The van der Waals surface area contributed by atoms with Gasteiger partial charge in [-0.25, -0.2) is 0 Å². The average molecular weight is 412 g/mol. The van der Waals surface area contributed by atoms with Crippen molar-refractivity contribution in [1.82, 2.24) is 0 Å². The first-order valence-electron chi connectivity index (χ1n) is 8.38. The van der Waals surface area contributed by atoms with Crippen LogP contribution in [-0.2, 0) is 9.59 Å². The summed E-state index contributed by atoms with van der Waals surface area (Å²) in [6, 6.07) is 12.5. The third kappa shape index (κ3) is 2.68. The number of benzene rings is 2. The van der Waals surface area contributed by atoms with Crippen LogP contribution in [-0.4, -0.2) is 37.4 Å². The van der Waals surface area contributed by atoms with Crippen molar-refractivity contribution in [2.45, 2.75) is 0 Å². The maximum Gasteiger partial charge on any atom is 0.271 e. The summed E-state index contributed by atoms with van der Waals surface area (Å²) in [5.74, 6) is 0.499. The lowest BCUT2D eigenvalue weighted by atomic mass is 10.1. The van der Waals surface area contributed by atoms with Crippen molar-refractivity contribution in [2.24, 2.45) is 0 Å². The van der Waals surface area contributed by atoms with Crippen molar-refractivity contribution in [1.29, 1.82) is 0 Å². The minimum atomic E-state index is -0.341. The van der Waals surface area contributed by atoms with Crippen molar-refractivity contribution >= 4 is 57.1 Å². The highest BCUT2D eigenvalue weighted by atomic mass is 32.2.